The Bertz CT molecular complexity index is 1080. The van der Waals surface area contributed by atoms with Crippen molar-refractivity contribution < 1.29 is 4.39 Å². The second kappa shape index (κ2) is 7.63. The average Bonchev–Trinajstić information content (AvgIpc) is 3.17. The van der Waals surface area contributed by atoms with Gasteiger partial charge in [-0.3, -0.25) is 4.98 Å². The number of anilines is 1. The number of halogens is 1. The second-order valence-electron chi connectivity index (χ2n) is 6.13. The Hall–Kier alpha value is -3.12. The maximum Gasteiger partial charge on any atom is 0.126 e. The molecule has 6 heteroatoms. The highest BCUT2D eigenvalue weighted by atomic mass is 32.1. The van der Waals surface area contributed by atoms with E-state index in [9.17, 15) is 4.39 Å². The summed E-state index contributed by atoms with van der Waals surface area (Å²) in [5.74, 6) is 0.502. The summed E-state index contributed by atoms with van der Waals surface area (Å²) in [6, 6.07) is 16.4. The zero-order valence-corrected chi connectivity index (χ0v) is 15.5. The fourth-order valence-corrected chi connectivity index (χ4v) is 3.62. The fraction of sp³-hybridized carbons (Fsp3) is 0.0952. The van der Waals surface area contributed by atoms with Crippen LogP contribution in [0.25, 0.3) is 21.6 Å². The van der Waals surface area contributed by atoms with Crippen LogP contribution in [0.5, 0.6) is 0 Å². The van der Waals surface area contributed by atoms with E-state index in [1.807, 2.05) is 49.5 Å². The van der Waals surface area contributed by atoms with Gasteiger partial charge in [0.15, 0.2) is 0 Å². The van der Waals surface area contributed by atoms with Crippen molar-refractivity contribution in [1.82, 2.24) is 14.3 Å². The van der Waals surface area contributed by atoms with E-state index in [2.05, 4.69) is 19.7 Å². The van der Waals surface area contributed by atoms with Gasteiger partial charge in [0.2, 0.25) is 0 Å². The van der Waals surface area contributed by atoms with Gasteiger partial charge < -0.3 is 5.32 Å². The van der Waals surface area contributed by atoms with Crippen LogP contribution >= 0.6 is 11.5 Å². The monoisotopic (exact) mass is 376 g/mol. The quantitative estimate of drug-likeness (QED) is 0.512. The third-order valence-corrected chi connectivity index (χ3v) is 4.97. The van der Waals surface area contributed by atoms with Crippen molar-refractivity contribution in [2.75, 3.05) is 5.32 Å². The van der Waals surface area contributed by atoms with Crippen molar-refractivity contribution in [3.05, 3.63) is 84.2 Å². The Kier molecular flexibility index (Phi) is 4.89. The van der Waals surface area contributed by atoms with Gasteiger partial charge in [0.25, 0.3) is 0 Å². The van der Waals surface area contributed by atoms with Gasteiger partial charge in [0, 0.05) is 23.7 Å². The highest BCUT2D eigenvalue weighted by Gasteiger charge is 2.12. The molecule has 0 bridgehead atoms. The van der Waals surface area contributed by atoms with Gasteiger partial charge >= 0.3 is 0 Å². The van der Waals surface area contributed by atoms with E-state index in [0.29, 0.717) is 6.54 Å². The third-order valence-electron chi connectivity index (χ3n) is 4.12. The van der Waals surface area contributed by atoms with E-state index >= 15 is 0 Å². The summed E-state index contributed by atoms with van der Waals surface area (Å²) < 4.78 is 17.9. The normalized spacial score (nSPS) is 10.7. The number of rotatable bonds is 5. The molecule has 4 nitrogen and oxygen atoms in total. The molecule has 1 aromatic carbocycles. The molecule has 0 fully saturated rings. The largest absolute Gasteiger partial charge is 0.364 e. The highest BCUT2D eigenvalue weighted by molar-refractivity contribution is 7.10. The predicted molar refractivity (Wildman–Crippen MR) is 107 cm³/mol. The van der Waals surface area contributed by atoms with Crippen molar-refractivity contribution in [2.24, 2.45) is 0 Å². The Morgan fingerprint density at radius 2 is 1.93 bits per heavy atom. The van der Waals surface area contributed by atoms with Gasteiger partial charge in [0.1, 0.15) is 11.6 Å². The number of benzene rings is 1. The molecule has 0 saturated heterocycles. The molecular formula is C21H17FN4S. The first-order chi connectivity index (χ1) is 13.2. The minimum atomic E-state index is -0.255. The molecule has 0 unspecified atom stereocenters. The number of nitrogens with zero attached hydrogens (tertiary/aromatic N) is 3. The number of hydrogen-bond donors (Lipinski definition) is 1. The van der Waals surface area contributed by atoms with Crippen LogP contribution in [0, 0.1) is 12.7 Å². The van der Waals surface area contributed by atoms with Gasteiger partial charge in [-0.15, -0.1) is 0 Å². The summed E-state index contributed by atoms with van der Waals surface area (Å²) in [6.45, 7) is 2.57. The van der Waals surface area contributed by atoms with Crippen molar-refractivity contribution >= 4 is 17.4 Å². The Labute approximate surface area is 160 Å². The Morgan fingerprint density at radius 1 is 1.04 bits per heavy atom. The molecule has 3 heterocycles. The number of aryl methyl sites for hydroxylation is 1. The number of aromatic nitrogens is 3. The molecule has 0 amide bonds. The fourth-order valence-electron chi connectivity index (χ4n) is 2.86. The van der Waals surface area contributed by atoms with Crippen molar-refractivity contribution in [3.63, 3.8) is 0 Å². The minimum Gasteiger partial charge on any atom is -0.364 e. The highest BCUT2D eigenvalue weighted by Crippen LogP contribution is 2.35. The van der Waals surface area contributed by atoms with E-state index < -0.39 is 0 Å². The molecule has 0 spiro atoms. The lowest BCUT2D eigenvalue weighted by Gasteiger charge is -2.08. The van der Waals surface area contributed by atoms with Crippen LogP contribution in [-0.2, 0) is 6.54 Å². The Morgan fingerprint density at radius 3 is 2.78 bits per heavy atom. The van der Waals surface area contributed by atoms with Crippen LogP contribution in [0.15, 0.2) is 67.0 Å². The maximum atomic E-state index is 13.6. The van der Waals surface area contributed by atoms with Gasteiger partial charge in [-0.1, -0.05) is 18.2 Å². The Balaban J connectivity index is 1.59. The number of nitrogens with one attached hydrogen (secondary N) is 1. The third kappa shape index (κ3) is 4.01. The first-order valence-electron chi connectivity index (χ1n) is 8.52. The van der Waals surface area contributed by atoms with Gasteiger partial charge in [0.05, 0.1) is 17.1 Å². The molecule has 1 N–H and O–H groups in total. The molecule has 0 aliphatic carbocycles. The first-order valence-corrected chi connectivity index (χ1v) is 9.30. The smallest absolute Gasteiger partial charge is 0.126 e. The first kappa shape index (κ1) is 17.3. The summed E-state index contributed by atoms with van der Waals surface area (Å²) in [5, 5.41) is 3.31. The summed E-state index contributed by atoms with van der Waals surface area (Å²) in [6.07, 6.45) is 3.57. The van der Waals surface area contributed by atoms with Gasteiger partial charge in [-0.05, 0) is 66.0 Å². The summed E-state index contributed by atoms with van der Waals surface area (Å²) in [5.41, 5.74) is 4.71. The molecule has 4 rings (SSSR count). The summed E-state index contributed by atoms with van der Waals surface area (Å²) in [7, 11) is 0. The molecule has 3 aromatic heterocycles. The van der Waals surface area contributed by atoms with Crippen LogP contribution in [0.2, 0.25) is 0 Å². The van der Waals surface area contributed by atoms with Crippen molar-refractivity contribution in [1.29, 1.82) is 0 Å². The summed E-state index contributed by atoms with van der Waals surface area (Å²) in [4.78, 5) is 9.81. The lowest BCUT2D eigenvalue weighted by Crippen LogP contribution is -2.03. The SMILES string of the molecule is Cc1cccc(CNc2cc(-c3cnsc3-c3cccc(F)c3)ccn2)n1. The van der Waals surface area contributed by atoms with E-state index in [1.165, 1.54) is 23.7 Å². The van der Waals surface area contributed by atoms with Gasteiger partial charge in [-0.25, -0.2) is 9.37 Å². The molecule has 0 saturated carbocycles. The van der Waals surface area contributed by atoms with E-state index in [1.54, 1.807) is 12.3 Å². The van der Waals surface area contributed by atoms with E-state index in [-0.39, 0.29) is 5.82 Å². The molecule has 0 radical (unpaired) electrons. The zero-order chi connectivity index (χ0) is 18.6. The van der Waals surface area contributed by atoms with Crippen LogP contribution in [0.3, 0.4) is 0 Å². The predicted octanol–water partition coefficient (Wildman–Crippen LogP) is 5.33. The van der Waals surface area contributed by atoms with Gasteiger partial charge in [-0.2, -0.15) is 4.37 Å². The average molecular weight is 376 g/mol. The molecule has 27 heavy (non-hydrogen) atoms. The standard InChI is InChI=1S/C21H17FN4S/c1-14-4-2-7-18(26-14)12-24-20-11-15(8-9-23-20)19-13-25-27-21(19)16-5-3-6-17(22)10-16/h2-11,13H,12H2,1H3,(H,23,24). The molecule has 4 aromatic rings. The lowest BCUT2D eigenvalue weighted by atomic mass is 10.0. The molecular weight excluding hydrogens is 359 g/mol. The van der Waals surface area contributed by atoms with Crippen molar-refractivity contribution in [3.8, 4) is 21.6 Å². The number of pyridine rings is 2. The zero-order valence-electron chi connectivity index (χ0n) is 14.7. The lowest BCUT2D eigenvalue weighted by molar-refractivity contribution is 0.628. The maximum absolute atomic E-state index is 13.6. The van der Waals surface area contributed by atoms with Crippen molar-refractivity contribution in [2.45, 2.75) is 13.5 Å². The molecule has 0 aliphatic rings. The molecule has 0 aliphatic heterocycles. The topological polar surface area (TPSA) is 50.7 Å². The number of hydrogen-bond acceptors (Lipinski definition) is 5. The minimum absolute atomic E-state index is 0.255. The second-order valence-corrected chi connectivity index (χ2v) is 6.93. The molecule has 134 valence electrons. The van der Waals surface area contributed by atoms with Crippen LogP contribution in [-0.4, -0.2) is 14.3 Å². The molecule has 0 atom stereocenters. The van der Waals surface area contributed by atoms with Crippen LogP contribution in [0.1, 0.15) is 11.4 Å². The summed E-state index contributed by atoms with van der Waals surface area (Å²) >= 11 is 1.36. The van der Waals surface area contributed by atoms with Crippen LogP contribution in [0.4, 0.5) is 10.2 Å². The van der Waals surface area contributed by atoms with Crippen LogP contribution < -0.4 is 5.32 Å². The van der Waals surface area contributed by atoms with E-state index in [0.717, 1.165) is 38.8 Å². The van der Waals surface area contributed by atoms with E-state index in [4.69, 9.17) is 0 Å².